The van der Waals surface area contributed by atoms with Gasteiger partial charge in [0.15, 0.2) is 0 Å². The summed E-state index contributed by atoms with van der Waals surface area (Å²) in [5, 5.41) is 17.6. The predicted octanol–water partition coefficient (Wildman–Crippen LogP) is -1.16. The van der Waals surface area contributed by atoms with Crippen molar-refractivity contribution in [3.05, 3.63) is 12.7 Å². The molecule has 0 spiro atoms. The Hall–Kier alpha value is -0.430. The fraction of sp³-hybridized carbons (Fsp3) is 0.714. The minimum absolute atomic E-state index is 0.234. The summed E-state index contributed by atoms with van der Waals surface area (Å²) in [6, 6.07) is 0. The van der Waals surface area contributed by atoms with Gasteiger partial charge >= 0.3 is 0 Å². The molecule has 0 atom stereocenters. The first-order valence-corrected chi connectivity index (χ1v) is 5.38. The van der Waals surface area contributed by atoms with Crippen molar-refractivity contribution < 1.29 is 18.6 Å². The van der Waals surface area contributed by atoms with Crippen LogP contribution in [0.15, 0.2) is 12.7 Å². The third-order valence-corrected chi connectivity index (χ3v) is 2.92. The van der Waals surface area contributed by atoms with Gasteiger partial charge in [0.25, 0.3) is 0 Å². The standard InChI is InChI=1S/C7H15NO4S/c1-3-4-13(11,12)8-7(2,5-9)6-10/h3,8-10H,1,4-6H2,2H3. The summed E-state index contributed by atoms with van der Waals surface area (Å²) in [7, 11) is -3.50. The molecule has 0 bridgehead atoms. The molecule has 0 saturated heterocycles. The Balaban J connectivity index is 4.49. The van der Waals surface area contributed by atoms with E-state index >= 15 is 0 Å². The maximum Gasteiger partial charge on any atom is 0.215 e. The number of rotatable bonds is 6. The second kappa shape index (κ2) is 4.71. The van der Waals surface area contributed by atoms with Crippen LogP contribution < -0.4 is 4.72 Å². The molecular weight excluding hydrogens is 194 g/mol. The van der Waals surface area contributed by atoms with Crippen molar-refractivity contribution in [3.63, 3.8) is 0 Å². The fourth-order valence-electron chi connectivity index (χ4n) is 0.687. The van der Waals surface area contributed by atoms with Gasteiger partial charge in [0, 0.05) is 0 Å². The maximum atomic E-state index is 11.2. The fourth-order valence-corrected chi connectivity index (χ4v) is 1.96. The zero-order valence-corrected chi connectivity index (χ0v) is 8.34. The van der Waals surface area contributed by atoms with Crippen LogP contribution in [0, 0.1) is 0 Å². The summed E-state index contributed by atoms with van der Waals surface area (Å²) in [5.41, 5.74) is -1.21. The molecule has 0 aromatic carbocycles. The average Bonchev–Trinajstić information content (AvgIpc) is 2.03. The predicted molar refractivity (Wildman–Crippen MR) is 49.7 cm³/mol. The molecule has 0 heterocycles. The van der Waals surface area contributed by atoms with Gasteiger partial charge < -0.3 is 10.2 Å². The van der Waals surface area contributed by atoms with Crippen molar-refractivity contribution >= 4 is 10.0 Å². The third-order valence-electron chi connectivity index (χ3n) is 1.44. The van der Waals surface area contributed by atoms with Gasteiger partial charge in [-0.05, 0) is 6.92 Å². The lowest BCUT2D eigenvalue weighted by Crippen LogP contribution is -2.52. The Bertz CT molecular complexity index is 256. The van der Waals surface area contributed by atoms with Crippen molar-refractivity contribution in [1.82, 2.24) is 4.72 Å². The molecule has 0 amide bonds. The Labute approximate surface area is 78.1 Å². The smallest absolute Gasteiger partial charge is 0.215 e. The van der Waals surface area contributed by atoms with E-state index in [-0.39, 0.29) is 5.75 Å². The summed E-state index contributed by atoms with van der Waals surface area (Å²) >= 11 is 0. The van der Waals surface area contributed by atoms with E-state index < -0.39 is 28.8 Å². The molecule has 0 rings (SSSR count). The first kappa shape index (κ1) is 12.6. The highest BCUT2D eigenvalue weighted by Crippen LogP contribution is 2.03. The van der Waals surface area contributed by atoms with Gasteiger partial charge in [0.1, 0.15) is 0 Å². The zero-order chi connectivity index (χ0) is 10.5. The highest BCUT2D eigenvalue weighted by molar-refractivity contribution is 7.89. The van der Waals surface area contributed by atoms with Crippen LogP contribution in [0.3, 0.4) is 0 Å². The molecule has 78 valence electrons. The lowest BCUT2D eigenvalue weighted by Gasteiger charge is -2.25. The number of hydrogen-bond donors (Lipinski definition) is 3. The third kappa shape index (κ3) is 4.37. The van der Waals surface area contributed by atoms with E-state index in [0.717, 1.165) is 0 Å². The first-order chi connectivity index (χ1) is 5.89. The summed E-state index contributed by atoms with van der Waals surface area (Å²) in [4.78, 5) is 0. The minimum Gasteiger partial charge on any atom is -0.394 e. The topological polar surface area (TPSA) is 86.6 Å². The van der Waals surface area contributed by atoms with E-state index in [4.69, 9.17) is 10.2 Å². The monoisotopic (exact) mass is 209 g/mol. The van der Waals surface area contributed by atoms with Crippen LogP contribution in [0.5, 0.6) is 0 Å². The SMILES string of the molecule is C=CCS(=O)(=O)NC(C)(CO)CO. The molecule has 3 N–H and O–H groups in total. The molecule has 0 radical (unpaired) electrons. The largest absolute Gasteiger partial charge is 0.394 e. The molecule has 0 unspecified atom stereocenters. The molecule has 0 aliphatic heterocycles. The van der Waals surface area contributed by atoms with Crippen LogP contribution in [-0.2, 0) is 10.0 Å². The molecule has 0 aromatic heterocycles. The summed E-state index contributed by atoms with van der Waals surface area (Å²) in [6.45, 7) is 3.78. The molecule has 13 heavy (non-hydrogen) atoms. The van der Waals surface area contributed by atoms with Gasteiger partial charge in [-0.3, -0.25) is 0 Å². The van der Waals surface area contributed by atoms with Crippen molar-refractivity contribution in [3.8, 4) is 0 Å². The molecule has 5 nitrogen and oxygen atoms in total. The first-order valence-electron chi connectivity index (χ1n) is 3.73. The highest BCUT2D eigenvalue weighted by atomic mass is 32.2. The zero-order valence-electron chi connectivity index (χ0n) is 7.52. The van der Waals surface area contributed by atoms with Crippen molar-refractivity contribution in [2.75, 3.05) is 19.0 Å². The van der Waals surface area contributed by atoms with E-state index in [9.17, 15) is 8.42 Å². The minimum atomic E-state index is -3.50. The normalized spacial score (nSPS) is 12.8. The van der Waals surface area contributed by atoms with E-state index in [2.05, 4.69) is 11.3 Å². The number of aliphatic hydroxyl groups is 2. The summed E-state index contributed by atoms with van der Waals surface area (Å²) in [5.74, 6) is -0.234. The van der Waals surface area contributed by atoms with Crippen LogP contribution >= 0.6 is 0 Å². The molecule has 0 aliphatic rings. The van der Waals surface area contributed by atoms with Crippen LogP contribution in [0.25, 0.3) is 0 Å². The van der Waals surface area contributed by atoms with Crippen LogP contribution in [0.1, 0.15) is 6.92 Å². The number of sulfonamides is 1. The highest BCUT2D eigenvalue weighted by Gasteiger charge is 2.27. The second-order valence-electron chi connectivity index (χ2n) is 3.05. The van der Waals surface area contributed by atoms with Gasteiger partial charge in [0.05, 0.1) is 24.5 Å². The van der Waals surface area contributed by atoms with Crippen LogP contribution in [0.4, 0.5) is 0 Å². The van der Waals surface area contributed by atoms with Crippen molar-refractivity contribution in [2.24, 2.45) is 0 Å². The van der Waals surface area contributed by atoms with Crippen LogP contribution in [0.2, 0.25) is 0 Å². The molecular formula is C7H15NO4S. The molecule has 0 fully saturated rings. The van der Waals surface area contributed by atoms with Gasteiger partial charge in [-0.15, -0.1) is 6.58 Å². The van der Waals surface area contributed by atoms with Crippen molar-refractivity contribution in [1.29, 1.82) is 0 Å². The van der Waals surface area contributed by atoms with Gasteiger partial charge in [-0.25, -0.2) is 13.1 Å². The Morgan fingerprint density at radius 3 is 2.23 bits per heavy atom. The van der Waals surface area contributed by atoms with E-state index in [1.807, 2.05) is 0 Å². The Morgan fingerprint density at radius 1 is 1.46 bits per heavy atom. The molecule has 6 heteroatoms. The maximum absolute atomic E-state index is 11.2. The molecule has 0 saturated carbocycles. The van der Waals surface area contributed by atoms with Gasteiger partial charge in [-0.2, -0.15) is 0 Å². The van der Waals surface area contributed by atoms with E-state index in [1.165, 1.54) is 13.0 Å². The lowest BCUT2D eigenvalue weighted by atomic mass is 10.1. The van der Waals surface area contributed by atoms with Gasteiger partial charge in [0.2, 0.25) is 10.0 Å². The summed E-state index contributed by atoms with van der Waals surface area (Å²) < 4.78 is 24.5. The number of aliphatic hydroxyl groups excluding tert-OH is 2. The lowest BCUT2D eigenvalue weighted by molar-refractivity contribution is 0.122. The van der Waals surface area contributed by atoms with E-state index in [1.54, 1.807) is 0 Å². The second-order valence-corrected chi connectivity index (χ2v) is 4.82. The quantitative estimate of drug-likeness (QED) is 0.481. The Morgan fingerprint density at radius 2 is 1.92 bits per heavy atom. The van der Waals surface area contributed by atoms with Crippen molar-refractivity contribution in [2.45, 2.75) is 12.5 Å². The van der Waals surface area contributed by atoms with Gasteiger partial charge in [-0.1, -0.05) is 6.08 Å². The number of nitrogens with one attached hydrogen (secondary N) is 1. The molecule has 0 aliphatic carbocycles. The molecule has 0 aromatic rings. The average molecular weight is 209 g/mol. The Kier molecular flexibility index (Phi) is 4.55. The van der Waals surface area contributed by atoms with E-state index in [0.29, 0.717) is 0 Å². The summed E-state index contributed by atoms with van der Waals surface area (Å²) in [6.07, 6.45) is 1.23. The number of hydrogen-bond acceptors (Lipinski definition) is 4. The van der Waals surface area contributed by atoms with Crippen LogP contribution in [-0.4, -0.2) is 43.1 Å².